The molecule has 0 saturated carbocycles. The number of aromatic nitrogens is 1. The van der Waals surface area contributed by atoms with Gasteiger partial charge in [0.25, 0.3) is 0 Å². The molecule has 1 atom stereocenters. The van der Waals surface area contributed by atoms with Crippen LogP contribution >= 0.6 is 23.1 Å². The first-order chi connectivity index (χ1) is 15.7. The maximum absolute atomic E-state index is 13.0. The monoisotopic (exact) mass is 485 g/mol. The number of hydrogen-bond acceptors (Lipinski definition) is 6. The first-order valence-corrected chi connectivity index (χ1v) is 12.8. The third-order valence-corrected chi connectivity index (χ3v) is 6.94. The fraction of sp³-hybridized carbons (Fsp3) is 0.400. The molecule has 176 valence electrons. The predicted molar refractivity (Wildman–Crippen MR) is 138 cm³/mol. The van der Waals surface area contributed by atoms with E-state index in [0.29, 0.717) is 24.6 Å². The van der Waals surface area contributed by atoms with E-state index in [2.05, 4.69) is 15.6 Å². The summed E-state index contributed by atoms with van der Waals surface area (Å²) in [4.78, 5) is 30.7. The molecule has 2 amide bonds. The molecule has 33 heavy (non-hydrogen) atoms. The average molecular weight is 486 g/mol. The highest BCUT2D eigenvalue weighted by Gasteiger charge is 2.20. The summed E-state index contributed by atoms with van der Waals surface area (Å²) in [6.07, 6.45) is 1.11. The van der Waals surface area contributed by atoms with Crippen LogP contribution in [-0.2, 0) is 9.59 Å². The normalized spacial score (nSPS) is 12.4. The molecule has 3 aromatic rings. The minimum Gasteiger partial charge on any atom is -0.494 e. The van der Waals surface area contributed by atoms with E-state index in [1.54, 1.807) is 0 Å². The van der Waals surface area contributed by atoms with Crippen LogP contribution in [0.15, 0.2) is 47.4 Å². The van der Waals surface area contributed by atoms with Crippen LogP contribution in [0.2, 0.25) is 0 Å². The minimum atomic E-state index is -0.281. The van der Waals surface area contributed by atoms with Crippen LogP contribution in [0.4, 0.5) is 10.8 Å². The summed E-state index contributed by atoms with van der Waals surface area (Å²) in [6.45, 7) is 10.6. The Morgan fingerprint density at radius 1 is 1.12 bits per heavy atom. The minimum absolute atomic E-state index is 0.0160. The number of benzene rings is 2. The molecule has 0 radical (unpaired) electrons. The number of nitrogens with zero attached hydrogens (tertiary/aromatic N) is 1. The quantitative estimate of drug-likeness (QED) is 0.335. The molecule has 1 aromatic heterocycles. The van der Waals surface area contributed by atoms with E-state index in [9.17, 15) is 9.59 Å². The lowest BCUT2D eigenvalue weighted by atomic mass is 9.92. The second-order valence-corrected chi connectivity index (χ2v) is 11.2. The van der Waals surface area contributed by atoms with Gasteiger partial charge in [-0.05, 0) is 55.2 Å². The van der Waals surface area contributed by atoms with Gasteiger partial charge in [0, 0.05) is 17.0 Å². The van der Waals surface area contributed by atoms with Gasteiger partial charge in [-0.3, -0.25) is 9.59 Å². The molecule has 0 spiro atoms. The lowest BCUT2D eigenvalue weighted by Crippen LogP contribution is -2.24. The second kappa shape index (κ2) is 11.0. The number of rotatable bonds is 9. The van der Waals surface area contributed by atoms with Crippen LogP contribution in [0, 0.1) is 5.41 Å². The molecule has 8 heteroatoms. The number of thiazole rings is 1. The molecule has 2 aromatic carbocycles. The van der Waals surface area contributed by atoms with E-state index in [-0.39, 0.29) is 22.5 Å². The largest absolute Gasteiger partial charge is 0.494 e. The summed E-state index contributed by atoms with van der Waals surface area (Å²) in [5.74, 6) is 0.689. The van der Waals surface area contributed by atoms with Crippen molar-refractivity contribution in [2.45, 2.75) is 57.6 Å². The Bertz CT molecular complexity index is 1120. The molecule has 0 aliphatic heterocycles. The molecule has 3 rings (SSSR count). The van der Waals surface area contributed by atoms with Gasteiger partial charge in [-0.1, -0.05) is 45.1 Å². The first-order valence-electron chi connectivity index (χ1n) is 11.1. The Hall–Kier alpha value is -2.58. The van der Waals surface area contributed by atoms with Crippen molar-refractivity contribution >= 4 is 55.9 Å². The fourth-order valence-corrected chi connectivity index (χ4v) is 5.13. The molecule has 0 fully saturated rings. The number of thioether (sulfide) groups is 1. The van der Waals surface area contributed by atoms with Crippen molar-refractivity contribution < 1.29 is 14.3 Å². The summed E-state index contributed by atoms with van der Waals surface area (Å²) in [5.41, 5.74) is 1.49. The third-order valence-electron chi connectivity index (χ3n) is 4.65. The van der Waals surface area contributed by atoms with Crippen molar-refractivity contribution in [2.75, 3.05) is 17.2 Å². The highest BCUT2D eigenvalue weighted by Crippen LogP contribution is 2.32. The van der Waals surface area contributed by atoms with Crippen LogP contribution in [0.1, 0.15) is 47.5 Å². The number of amides is 2. The van der Waals surface area contributed by atoms with Crippen molar-refractivity contribution in [3.63, 3.8) is 0 Å². The van der Waals surface area contributed by atoms with Gasteiger partial charge in [-0.25, -0.2) is 4.98 Å². The molecular weight excluding hydrogens is 454 g/mol. The van der Waals surface area contributed by atoms with E-state index in [1.165, 1.54) is 23.1 Å². The van der Waals surface area contributed by atoms with Gasteiger partial charge in [0.2, 0.25) is 11.8 Å². The van der Waals surface area contributed by atoms with E-state index in [1.807, 2.05) is 77.1 Å². The van der Waals surface area contributed by atoms with Gasteiger partial charge in [-0.2, -0.15) is 0 Å². The Labute approximate surface area is 203 Å². The summed E-state index contributed by atoms with van der Waals surface area (Å²) in [6, 6.07) is 13.3. The number of carbonyl (C=O) groups is 2. The lowest BCUT2D eigenvalue weighted by Gasteiger charge is -2.18. The van der Waals surface area contributed by atoms with E-state index < -0.39 is 0 Å². The van der Waals surface area contributed by atoms with Crippen molar-refractivity contribution in [1.82, 2.24) is 4.98 Å². The third kappa shape index (κ3) is 7.47. The molecule has 0 aliphatic rings. The maximum Gasteiger partial charge on any atom is 0.239 e. The summed E-state index contributed by atoms with van der Waals surface area (Å²) in [5, 5.41) is 6.21. The zero-order valence-corrected chi connectivity index (χ0v) is 21.4. The van der Waals surface area contributed by atoms with Gasteiger partial charge in [0.1, 0.15) is 5.75 Å². The van der Waals surface area contributed by atoms with Crippen LogP contribution < -0.4 is 15.4 Å². The van der Waals surface area contributed by atoms with Crippen LogP contribution in [-0.4, -0.2) is 28.7 Å². The van der Waals surface area contributed by atoms with Crippen molar-refractivity contribution in [1.29, 1.82) is 0 Å². The van der Waals surface area contributed by atoms with Crippen LogP contribution in [0.3, 0.4) is 0 Å². The fourth-order valence-electron chi connectivity index (χ4n) is 3.22. The Balaban J connectivity index is 1.65. The van der Waals surface area contributed by atoms with Crippen molar-refractivity contribution in [3.05, 3.63) is 42.5 Å². The second-order valence-electron chi connectivity index (χ2n) is 8.90. The molecule has 0 aliphatic carbocycles. The molecule has 0 bridgehead atoms. The van der Waals surface area contributed by atoms with Gasteiger partial charge in [0.05, 0.1) is 22.1 Å². The standard InChI is InChI=1S/C25H31N3O3S2/c1-6-20(32-18-10-8-9-16(13-18)26-22(29)15-25(3,4)5)23(30)28-24-27-19-12-11-17(31-7-2)14-21(19)33-24/h8-14,20H,6-7,15H2,1-5H3,(H,26,29)(H,27,28,30). The van der Waals surface area contributed by atoms with Gasteiger partial charge < -0.3 is 15.4 Å². The van der Waals surface area contributed by atoms with Crippen LogP contribution in [0.25, 0.3) is 10.2 Å². The zero-order valence-electron chi connectivity index (χ0n) is 19.7. The molecule has 0 saturated heterocycles. The molecule has 1 unspecified atom stereocenters. The summed E-state index contributed by atoms with van der Waals surface area (Å²) in [7, 11) is 0. The topological polar surface area (TPSA) is 80.3 Å². The van der Waals surface area contributed by atoms with E-state index >= 15 is 0 Å². The van der Waals surface area contributed by atoms with Crippen molar-refractivity contribution in [3.8, 4) is 5.75 Å². The van der Waals surface area contributed by atoms with Crippen molar-refractivity contribution in [2.24, 2.45) is 5.41 Å². The first kappa shape index (κ1) is 25.1. The zero-order chi connectivity index (χ0) is 24.0. The number of hydrogen-bond donors (Lipinski definition) is 2. The summed E-state index contributed by atoms with van der Waals surface area (Å²) >= 11 is 2.91. The molecule has 2 N–H and O–H groups in total. The van der Waals surface area contributed by atoms with Gasteiger partial charge in [-0.15, -0.1) is 11.8 Å². The highest BCUT2D eigenvalue weighted by atomic mass is 32.2. The number of nitrogens with one attached hydrogen (secondary N) is 2. The van der Waals surface area contributed by atoms with E-state index in [0.717, 1.165) is 26.5 Å². The predicted octanol–water partition coefficient (Wildman–Crippen LogP) is 6.58. The Morgan fingerprint density at radius 3 is 2.61 bits per heavy atom. The summed E-state index contributed by atoms with van der Waals surface area (Å²) < 4.78 is 6.51. The average Bonchev–Trinajstić information content (AvgIpc) is 3.12. The smallest absolute Gasteiger partial charge is 0.239 e. The number of fused-ring (bicyclic) bond motifs is 1. The van der Waals surface area contributed by atoms with Gasteiger partial charge in [0.15, 0.2) is 5.13 Å². The number of ether oxygens (including phenoxy) is 1. The SMILES string of the molecule is CCOc1ccc2nc(NC(=O)C(CC)Sc3cccc(NC(=O)CC(C)(C)C)c3)sc2c1. The van der Waals surface area contributed by atoms with Gasteiger partial charge >= 0.3 is 0 Å². The number of anilines is 2. The molecular formula is C25H31N3O3S2. The van der Waals surface area contributed by atoms with E-state index in [4.69, 9.17) is 4.74 Å². The molecule has 1 heterocycles. The maximum atomic E-state index is 13.0. The highest BCUT2D eigenvalue weighted by molar-refractivity contribution is 8.00. The molecule has 6 nitrogen and oxygen atoms in total. The Morgan fingerprint density at radius 2 is 1.91 bits per heavy atom. The Kier molecular flexibility index (Phi) is 8.37. The number of carbonyl (C=O) groups excluding carboxylic acids is 2. The lowest BCUT2D eigenvalue weighted by molar-refractivity contribution is -0.118. The van der Waals surface area contributed by atoms with Crippen LogP contribution in [0.5, 0.6) is 5.75 Å².